The highest BCUT2D eigenvalue weighted by atomic mass is 19.1. The van der Waals surface area contributed by atoms with Crippen LogP contribution in [0.5, 0.6) is 5.75 Å². The smallest absolute Gasteiger partial charge is 0.248 e. The van der Waals surface area contributed by atoms with Crippen LogP contribution in [0.1, 0.15) is 23.2 Å². The fourth-order valence-corrected chi connectivity index (χ4v) is 1.10. The number of primary amides is 1. The SMILES string of the molecule is NC(=O)c1ccc(OCCCCF)cc1. The fraction of sp³-hybridized carbons (Fsp3) is 0.364. The number of hydrogen-bond acceptors (Lipinski definition) is 2. The van der Waals surface area contributed by atoms with Gasteiger partial charge in [-0.3, -0.25) is 9.18 Å². The Kier molecular flexibility index (Phi) is 4.60. The lowest BCUT2D eigenvalue weighted by Crippen LogP contribution is -2.10. The lowest BCUT2D eigenvalue weighted by molar-refractivity contribution is 0.100. The maximum atomic E-state index is 11.8. The third kappa shape index (κ3) is 3.97. The summed E-state index contributed by atoms with van der Waals surface area (Å²) in [6.45, 7) is 0.170. The Morgan fingerprint density at radius 3 is 2.47 bits per heavy atom. The minimum Gasteiger partial charge on any atom is -0.494 e. The average Bonchev–Trinajstić information content (AvgIpc) is 2.25. The third-order valence-corrected chi connectivity index (χ3v) is 1.94. The number of rotatable bonds is 6. The molecular formula is C11H14FNO2. The minimum absolute atomic E-state index is 0.316. The molecule has 0 aromatic heterocycles. The van der Waals surface area contributed by atoms with Gasteiger partial charge in [0.05, 0.1) is 13.3 Å². The van der Waals surface area contributed by atoms with Gasteiger partial charge in [0.25, 0.3) is 0 Å². The van der Waals surface area contributed by atoms with Crippen molar-refractivity contribution in [2.45, 2.75) is 12.8 Å². The number of halogens is 1. The average molecular weight is 211 g/mol. The minimum atomic E-state index is -0.459. The molecule has 0 bridgehead atoms. The molecular weight excluding hydrogens is 197 g/mol. The van der Waals surface area contributed by atoms with Gasteiger partial charge in [0, 0.05) is 5.56 Å². The van der Waals surface area contributed by atoms with Gasteiger partial charge in [0.2, 0.25) is 5.91 Å². The van der Waals surface area contributed by atoms with Gasteiger partial charge in [-0.05, 0) is 37.1 Å². The molecule has 0 saturated carbocycles. The predicted molar refractivity (Wildman–Crippen MR) is 55.7 cm³/mol. The second-order valence-electron chi connectivity index (χ2n) is 3.13. The summed E-state index contributed by atoms with van der Waals surface area (Å²) < 4.78 is 17.1. The number of carbonyl (C=O) groups is 1. The molecule has 4 heteroatoms. The summed E-state index contributed by atoms with van der Waals surface area (Å²) >= 11 is 0. The molecule has 0 aliphatic heterocycles. The molecule has 1 aromatic carbocycles. The molecule has 0 heterocycles. The molecule has 1 rings (SSSR count). The first kappa shape index (κ1) is 11.5. The maximum Gasteiger partial charge on any atom is 0.248 e. The quantitative estimate of drug-likeness (QED) is 0.731. The molecule has 0 fully saturated rings. The second kappa shape index (κ2) is 6.01. The molecule has 3 nitrogen and oxygen atoms in total. The molecule has 1 aromatic rings. The molecule has 0 atom stereocenters. The van der Waals surface area contributed by atoms with Crippen LogP contribution in [0.15, 0.2) is 24.3 Å². The topological polar surface area (TPSA) is 52.3 Å². The predicted octanol–water partition coefficient (Wildman–Crippen LogP) is 1.91. The van der Waals surface area contributed by atoms with Crippen molar-refractivity contribution in [3.8, 4) is 5.75 Å². The van der Waals surface area contributed by atoms with Crippen LogP contribution in [-0.2, 0) is 0 Å². The van der Waals surface area contributed by atoms with Crippen LogP contribution < -0.4 is 10.5 Å². The molecule has 2 N–H and O–H groups in total. The van der Waals surface area contributed by atoms with Crippen molar-refractivity contribution in [2.24, 2.45) is 5.73 Å². The second-order valence-corrected chi connectivity index (χ2v) is 3.13. The maximum absolute atomic E-state index is 11.8. The zero-order valence-corrected chi connectivity index (χ0v) is 8.41. The highest BCUT2D eigenvalue weighted by Gasteiger charge is 1.99. The number of benzene rings is 1. The lowest BCUT2D eigenvalue weighted by atomic mass is 10.2. The van der Waals surface area contributed by atoms with Gasteiger partial charge in [-0.2, -0.15) is 0 Å². The summed E-state index contributed by atoms with van der Waals surface area (Å²) in [7, 11) is 0. The van der Waals surface area contributed by atoms with Gasteiger partial charge in [0.1, 0.15) is 5.75 Å². The van der Waals surface area contributed by atoms with E-state index in [4.69, 9.17) is 10.5 Å². The van der Waals surface area contributed by atoms with Crippen molar-refractivity contribution in [2.75, 3.05) is 13.3 Å². The Labute approximate surface area is 88.0 Å². The van der Waals surface area contributed by atoms with Gasteiger partial charge in [-0.1, -0.05) is 0 Å². The van der Waals surface area contributed by atoms with E-state index in [1.54, 1.807) is 24.3 Å². The lowest BCUT2D eigenvalue weighted by Gasteiger charge is -2.05. The van der Waals surface area contributed by atoms with Crippen LogP contribution in [0, 0.1) is 0 Å². The van der Waals surface area contributed by atoms with Crippen molar-refractivity contribution in [1.29, 1.82) is 0 Å². The van der Waals surface area contributed by atoms with Crippen molar-refractivity contribution in [1.82, 2.24) is 0 Å². The standard InChI is InChI=1S/C11H14FNO2/c12-7-1-2-8-15-10-5-3-9(4-6-10)11(13)14/h3-6H,1-2,7-8H2,(H2,13,14). The van der Waals surface area contributed by atoms with Crippen molar-refractivity contribution < 1.29 is 13.9 Å². The molecule has 0 spiro atoms. The number of hydrogen-bond donors (Lipinski definition) is 1. The fourth-order valence-electron chi connectivity index (χ4n) is 1.10. The molecule has 15 heavy (non-hydrogen) atoms. The molecule has 1 amide bonds. The Balaban J connectivity index is 2.39. The highest BCUT2D eigenvalue weighted by molar-refractivity contribution is 5.92. The van der Waals surface area contributed by atoms with E-state index in [0.717, 1.165) is 0 Å². The monoisotopic (exact) mass is 211 g/mol. The van der Waals surface area contributed by atoms with E-state index in [9.17, 15) is 9.18 Å². The van der Waals surface area contributed by atoms with Crippen molar-refractivity contribution >= 4 is 5.91 Å². The number of ether oxygens (including phenoxy) is 1. The van der Waals surface area contributed by atoms with Crippen LogP contribution in [-0.4, -0.2) is 19.2 Å². The van der Waals surface area contributed by atoms with Crippen molar-refractivity contribution in [3.63, 3.8) is 0 Å². The summed E-state index contributed by atoms with van der Waals surface area (Å²) in [6, 6.07) is 6.56. The number of unbranched alkanes of at least 4 members (excludes halogenated alkanes) is 1. The Morgan fingerprint density at radius 1 is 1.27 bits per heavy atom. The third-order valence-electron chi connectivity index (χ3n) is 1.94. The molecule has 82 valence electrons. The van der Waals surface area contributed by atoms with E-state index in [1.807, 2.05) is 0 Å². The number of alkyl halides is 1. The Morgan fingerprint density at radius 2 is 1.93 bits per heavy atom. The first-order chi connectivity index (χ1) is 7.24. The highest BCUT2D eigenvalue weighted by Crippen LogP contribution is 2.12. The molecule has 0 radical (unpaired) electrons. The van der Waals surface area contributed by atoms with Gasteiger partial charge in [0.15, 0.2) is 0 Å². The zero-order valence-electron chi connectivity index (χ0n) is 8.41. The van der Waals surface area contributed by atoms with Crippen molar-refractivity contribution in [3.05, 3.63) is 29.8 Å². The van der Waals surface area contributed by atoms with Gasteiger partial charge >= 0.3 is 0 Å². The summed E-state index contributed by atoms with van der Waals surface area (Å²) in [5.41, 5.74) is 5.53. The molecule has 0 aliphatic rings. The van der Waals surface area contributed by atoms with Gasteiger partial charge in [-0.15, -0.1) is 0 Å². The normalized spacial score (nSPS) is 9.93. The van der Waals surface area contributed by atoms with E-state index < -0.39 is 5.91 Å². The van der Waals surface area contributed by atoms with E-state index in [-0.39, 0.29) is 6.67 Å². The summed E-state index contributed by atoms with van der Waals surface area (Å²) in [6.07, 6.45) is 1.20. The van der Waals surface area contributed by atoms with Crippen LogP contribution in [0.4, 0.5) is 4.39 Å². The van der Waals surface area contributed by atoms with Crippen LogP contribution in [0.2, 0.25) is 0 Å². The summed E-state index contributed by atoms with van der Waals surface area (Å²) in [4.78, 5) is 10.8. The van der Waals surface area contributed by atoms with E-state index in [1.165, 1.54) is 0 Å². The number of nitrogens with two attached hydrogens (primary N) is 1. The Hall–Kier alpha value is -1.58. The number of carbonyl (C=O) groups excluding carboxylic acids is 1. The van der Waals surface area contributed by atoms with E-state index in [0.29, 0.717) is 30.8 Å². The first-order valence-electron chi connectivity index (χ1n) is 4.82. The van der Waals surface area contributed by atoms with Crippen LogP contribution in [0.3, 0.4) is 0 Å². The van der Waals surface area contributed by atoms with Crippen LogP contribution >= 0.6 is 0 Å². The largest absolute Gasteiger partial charge is 0.494 e. The van der Waals surface area contributed by atoms with Gasteiger partial charge in [-0.25, -0.2) is 0 Å². The van der Waals surface area contributed by atoms with Gasteiger partial charge < -0.3 is 10.5 Å². The number of amides is 1. The zero-order chi connectivity index (χ0) is 11.1. The molecule has 0 unspecified atom stereocenters. The van der Waals surface area contributed by atoms with Crippen LogP contribution in [0.25, 0.3) is 0 Å². The summed E-state index contributed by atoms with van der Waals surface area (Å²) in [5.74, 6) is 0.206. The summed E-state index contributed by atoms with van der Waals surface area (Å²) in [5, 5.41) is 0. The van der Waals surface area contributed by atoms with E-state index >= 15 is 0 Å². The first-order valence-corrected chi connectivity index (χ1v) is 4.82. The Bertz CT molecular complexity index is 311. The van der Waals surface area contributed by atoms with E-state index in [2.05, 4.69) is 0 Å². The molecule has 0 aliphatic carbocycles. The molecule has 0 saturated heterocycles.